The number of thioether (sulfide) groups is 1. The van der Waals surface area contributed by atoms with E-state index in [-0.39, 0.29) is 5.78 Å². The highest BCUT2D eigenvalue weighted by Gasteiger charge is 2.16. The van der Waals surface area contributed by atoms with Gasteiger partial charge in [0.25, 0.3) is 0 Å². The molecule has 0 saturated heterocycles. The van der Waals surface area contributed by atoms with E-state index in [2.05, 4.69) is 27.9 Å². The number of nitrogens with one attached hydrogen (secondary N) is 2. The van der Waals surface area contributed by atoms with E-state index in [1.54, 1.807) is 0 Å². The predicted molar refractivity (Wildman–Crippen MR) is 98.9 cm³/mol. The molecule has 2 aromatic heterocycles. The molecule has 2 aromatic carbocycles. The number of imidazole rings is 1. The molecule has 2 heterocycles. The van der Waals surface area contributed by atoms with Crippen molar-refractivity contribution < 1.29 is 4.79 Å². The zero-order valence-corrected chi connectivity index (χ0v) is 14.3. The first kappa shape index (κ1) is 15.0. The molecular formula is C19H17N3OS. The van der Waals surface area contributed by atoms with E-state index in [9.17, 15) is 4.79 Å². The molecule has 0 bridgehead atoms. The second kappa shape index (κ2) is 5.83. The van der Waals surface area contributed by atoms with Crippen LogP contribution in [-0.2, 0) is 0 Å². The molecule has 0 saturated carbocycles. The average molecular weight is 335 g/mol. The Labute approximate surface area is 143 Å². The van der Waals surface area contributed by atoms with Gasteiger partial charge in [-0.2, -0.15) is 0 Å². The lowest BCUT2D eigenvalue weighted by Gasteiger charge is -2.00. The van der Waals surface area contributed by atoms with Gasteiger partial charge in [-0.1, -0.05) is 36.0 Å². The van der Waals surface area contributed by atoms with E-state index in [1.807, 2.05) is 43.3 Å². The molecule has 0 unspecified atom stereocenters. The van der Waals surface area contributed by atoms with Crippen molar-refractivity contribution in [3.05, 3.63) is 59.3 Å². The number of Topliss-reactive ketones (excluding diaryl/α,β-unsaturated/α-hetero) is 1. The summed E-state index contributed by atoms with van der Waals surface area (Å²) in [6.45, 7) is 4.00. The molecular weight excluding hydrogens is 318 g/mol. The van der Waals surface area contributed by atoms with Crippen LogP contribution in [0.4, 0.5) is 0 Å². The van der Waals surface area contributed by atoms with E-state index in [0.717, 1.165) is 38.4 Å². The lowest BCUT2D eigenvalue weighted by molar-refractivity contribution is 0.102. The van der Waals surface area contributed by atoms with Crippen molar-refractivity contribution in [3.8, 4) is 0 Å². The smallest absolute Gasteiger partial charge is 0.175 e. The van der Waals surface area contributed by atoms with Crippen LogP contribution in [0.25, 0.3) is 21.9 Å². The summed E-state index contributed by atoms with van der Waals surface area (Å²) in [5.41, 5.74) is 5.83. The Hall–Kier alpha value is -2.53. The predicted octanol–water partition coefficient (Wildman–Crippen LogP) is 4.64. The highest BCUT2D eigenvalue weighted by Crippen LogP contribution is 2.26. The number of carbonyl (C=O) groups is 1. The van der Waals surface area contributed by atoms with Gasteiger partial charge in [-0.15, -0.1) is 0 Å². The fourth-order valence-corrected chi connectivity index (χ4v) is 3.77. The molecule has 0 aliphatic carbocycles. The van der Waals surface area contributed by atoms with Crippen molar-refractivity contribution in [2.75, 3.05) is 5.75 Å². The Bertz CT molecular complexity index is 1060. The molecule has 2 N–H and O–H groups in total. The number of H-pyrrole nitrogens is 2. The maximum atomic E-state index is 12.7. The number of aromatic amines is 2. The van der Waals surface area contributed by atoms with Crippen LogP contribution in [0.2, 0.25) is 0 Å². The van der Waals surface area contributed by atoms with E-state index in [1.165, 1.54) is 17.3 Å². The third kappa shape index (κ3) is 2.61. The topological polar surface area (TPSA) is 61.5 Å². The molecule has 0 amide bonds. The second-order valence-corrected chi connectivity index (χ2v) is 6.91. The minimum absolute atomic E-state index is 0.117. The molecule has 0 aliphatic rings. The van der Waals surface area contributed by atoms with Crippen molar-refractivity contribution in [2.24, 2.45) is 0 Å². The van der Waals surface area contributed by atoms with Crippen molar-refractivity contribution in [2.45, 2.75) is 19.0 Å². The van der Waals surface area contributed by atoms with Crippen LogP contribution in [0.3, 0.4) is 0 Å². The fraction of sp³-hybridized carbons (Fsp3) is 0.158. The van der Waals surface area contributed by atoms with Gasteiger partial charge in [-0.3, -0.25) is 4.79 Å². The largest absolute Gasteiger partial charge is 0.358 e. The number of carbonyl (C=O) groups excluding carboxylic acids is 1. The number of aromatic nitrogens is 3. The molecule has 0 spiro atoms. The third-order valence-electron chi connectivity index (χ3n) is 4.13. The van der Waals surface area contributed by atoms with Gasteiger partial charge < -0.3 is 9.97 Å². The van der Waals surface area contributed by atoms with E-state index >= 15 is 0 Å². The van der Waals surface area contributed by atoms with Crippen molar-refractivity contribution in [3.63, 3.8) is 0 Å². The van der Waals surface area contributed by atoms with Gasteiger partial charge in [0.05, 0.1) is 16.8 Å². The highest BCUT2D eigenvalue weighted by atomic mass is 32.2. The summed E-state index contributed by atoms with van der Waals surface area (Å²) >= 11 is 1.45. The lowest BCUT2D eigenvalue weighted by atomic mass is 10.1. The Morgan fingerprint density at radius 2 is 1.92 bits per heavy atom. The van der Waals surface area contributed by atoms with Crippen LogP contribution >= 0.6 is 11.8 Å². The summed E-state index contributed by atoms with van der Waals surface area (Å²) in [6, 6.07) is 14.0. The number of aryl methyl sites for hydroxylation is 2. The van der Waals surface area contributed by atoms with Crippen LogP contribution in [0.1, 0.15) is 21.6 Å². The van der Waals surface area contributed by atoms with Gasteiger partial charge in [0.15, 0.2) is 10.9 Å². The van der Waals surface area contributed by atoms with Crippen molar-refractivity contribution >= 4 is 39.5 Å². The lowest BCUT2D eigenvalue weighted by Crippen LogP contribution is -2.03. The minimum atomic E-state index is 0.117. The summed E-state index contributed by atoms with van der Waals surface area (Å²) in [7, 11) is 0. The first-order valence-corrected chi connectivity index (χ1v) is 8.80. The van der Waals surface area contributed by atoms with Gasteiger partial charge in [-0.25, -0.2) is 4.98 Å². The maximum absolute atomic E-state index is 12.7. The van der Waals surface area contributed by atoms with Gasteiger partial charge in [0.1, 0.15) is 0 Å². The van der Waals surface area contributed by atoms with Gasteiger partial charge in [-0.05, 0) is 37.6 Å². The normalized spacial score (nSPS) is 11.4. The van der Waals surface area contributed by atoms with Crippen molar-refractivity contribution in [1.29, 1.82) is 0 Å². The quantitative estimate of drug-likeness (QED) is 0.422. The number of hydrogen-bond donors (Lipinski definition) is 2. The molecule has 0 radical (unpaired) electrons. The summed E-state index contributed by atoms with van der Waals surface area (Å²) in [4.78, 5) is 23.8. The minimum Gasteiger partial charge on any atom is -0.358 e. The molecule has 4 rings (SSSR count). The number of ketones is 1. The first-order chi connectivity index (χ1) is 11.6. The third-order valence-corrected chi connectivity index (χ3v) is 5.00. The van der Waals surface area contributed by atoms with E-state index < -0.39 is 0 Å². The summed E-state index contributed by atoms with van der Waals surface area (Å²) in [5.74, 6) is 0.480. The van der Waals surface area contributed by atoms with E-state index in [4.69, 9.17) is 0 Å². The zero-order valence-electron chi connectivity index (χ0n) is 13.5. The number of hydrogen-bond acceptors (Lipinski definition) is 3. The van der Waals surface area contributed by atoms with Crippen LogP contribution in [0.15, 0.2) is 47.6 Å². The van der Waals surface area contributed by atoms with Crippen LogP contribution in [0.5, 0.6) is 0 Å². The fourth-order valence-electron chi connectivity index (χ4n) is 3.01. The van der Waals surface area contributed by atoms with Gasteiger partial charge in [0.2, 0.25) is 0 Å². The zero-order chi connectivity index (χ0) is 16.7. The molecule has 0 atom stereocenters. The number of rotatable bonds is 4. The molecule has 24 heavy (non-hydrogen) atoms. The Morgan fingerprint density at radius 3 is 2.79 bits per heavy atom. The summed E-state index contributed by atoms with van der Waals surface area (Å²) < 4.78 is 0. The Morgan fingerprint density at radius 1 is 1.08 bits per heavy atom. The van der Waals surface area contributed by atoms with Crippen LogP contribution in [-0.4, -0.2) is 26.5 Å². The Balaban J connectivity index is 1.58. The van der Waals surface area contributed by atoms with Gasteiger partial charge >= 0.3 is 0 Å². The summed E-state index contributed by atoms with van der Waals surface area (Å²) in [5, 5.41) is 1.77. The number of fused-ring (bicyclic) bond motifs is 2. The molecule has 120 valence electrons. The average Bonchev–Trinajstić information content (AvgIpc) is 3.11. The molecule has 5 heteroatoms. The molecule has 4 aromatic rings. The standard InChI is InChI=1S/C19H17N3OS/c1-11-7-8-15-16(9-11)22-19(21-15)24-10-17(23)18-12(2)20-14-6-4-3-5-13(14)18/h3-9,20H,10H2,1-2H3,(H,21,22). The maximum Gasteiger partial charge on any atom is 0.175 e. The molecule has 0 fully saturated rings. The first-order valence-electron chi connectivity index (χ1n) is 7.81. The van der Waals surface area contributed by atoms with E-state index in [0.29, 0.717) is 5.75 Å². The monoisotopic (exact) mass is 335 g/mol. The molecule has 4 nitrogen and oxygen atoms in total. The number of nitrogens with zero attached hydrogens (tertiary/aromatic N) is 1. The van der Waals surface area contributed by atoms with Crippen molar-refractivity contribution in [1.82, 2.24) is 15.0 Å². The number of benzene rings is 2. The SMILES string of the molecule is Cc1ccc2nc(SCC(=O)c3c(C)[nH]c4ccccc34)[nH]c2c1. The summed E-state index contributed by atoms with van der Waals surface area (Å²) in [6.07, 6.45) is 0. The van der Waals surface area contributed by atoms with Crippen LogP contribution in [0, 0.1) is 13.8 Å². The van der Waals surface area contributed by atoms with Crippen LogP contribution < -0.4 is 0 Å². The number of para-hydroxylation sites is 1. The highest BCUT2D eigenvalue weighted by molar-refractivity contribution is 7.99. The molecule has 0 aliphatic heterocycles. The Kier molecular flexibility index (Phi) is 3.65. The second-order valence-electron chi connectivity index (χ2n) is 5.94. The van der Waals surface area contributed by atoms with Gasteiger partial charge in [0, 0.05) is 22.2 Å².